The number of allylic oxidation sites excluding steroid dienone is 1. The van der Waals surface area contributed by atoms with Gasteiger partial charge in [-0.15, -0.1) is 0 Å². The number of nitrogens with zero attached hydrogens (tertiary/aromatic N) is 2. The number of aryl methyl sites for hydroxylation is 1. The third kappa shape index (κ3) is 16.1. The van der Waals surface area contributed by atoms with Crippen LogP contribution in [-0.4, -0.2) is 29.6 Å². The van der Waals surface area contributed by atoms with Crippen LogP contribution in [0, 0.1) is 38.1 Å². The molecule has 5 nitrogen and oxygen atoms in total. The number of aromatic nitrogens is 2. The maximum Gasteiger partial charge on any atom is 0.123 e. The van der Waals surface area contributed by atoms with E-state index >= 15 is 0 Å². The van der Waals surface area contributed by atoms with E-state index < -0.39 is 0 Å². The van der Waals surface area contributed by atoms with Crippen LogP contribution in [0.1, 0.15) is 122 Å². The molecular weight excluding hydrogens is 630 g/mol. The first-order chi connectivity index (χ1) is 24.2. The molecule has 51 heavy (non-hydrogen) atoms. The van der Waals surface area contributed by atoms with Crippen molar-refractivity contribution >= 4 is 16.6 Å². The number of fused-ring (bicyclic) bond motifs is 1. The van der Waals surface area contributed by atoms with Gasteiger partial charge < -0.3 is 16.4 Å². The summed E-state index contributed by atoms with van der Waals surface area (Å²) in [6.45, 7) is 23.3. The molecule has 0 saturated heterocycles. The summed E-state index contributed by atoms with van der Waals surface area (Å²) in [5.41, 5.74) is 15.1. The fourth-order valence-corrected chi connectivity index (χ4v) is 5.09. The van der Waals surface area contributed by atoms with Crippen molar-refractivity contribution < 1.29 is 4.39 Å². The van der Waals surface area contributed by atoms with Gasteiger partial charge in [-0.25, -0.2) is 4.39 Å². The van der Waals surface area contributed by atoms with Crippen LogP contribution in [0.4, 0.5) is 4.39 Å². The SMILES string of the molecule is C.C#CNCCCN.C/C=C(\NCCc1cc(C(C)CC)c(C)c(-c2ccc(F)cc2)n1)c1cc(C)c2ncccc2c1.CC.CC.CC1CC1. The van der Waals surface area contributed by atoms with Crippen molar-refractivity contribution in [1.82, 2.24) is 20.6 Å². The quantitative estimate of drug-likeness (QED) is 0.0826. The fourth-order valence-electron chi connectivity index (χ4n) is 5.09. The van der Waals surface area contributed by atoms with Crippen LogP contribution in [-0.2, 0) is 6.42 Å². The van der Waals surface area contributed by atoms with Gasteiger partial charge >= 0.3 is 0 Å². The van der Waals surface area contributed by atoms with E-state index in [1.54, 1.807) is 0 Å². The van der Waals surface area contributed by atoms with Crippen LogP contribution in [0.3, 0.4) is 0 Å². The van der Waals surface area contributed by atoms with Crippen molar-refractivity contribution in [3.63, 3.8) is 0 Å². The number of nitrogens with two attached hydrogens (primary N) is 1. The van der Waals surface area contributed by atoms with E-state index in [1.807, 2.05) is 52.1 Å². The number of pyridine rings is 2. The molecule has 1 fully saturated rings. The first-order valence-corrected chi connectivity index (χ1v) is 18.6. The van der Waals surface area contributed by atoms with Crippen molar-refractivity contribution in [2.24, 2.45) is 11.7 Å². The van der Waals surface area contributed by atoms with Gasteiger partial charge in [-0.3, -0.25) is 9.97 Å². The lowest BCUT2D eigenvalue weighted by Gasteiger charge is -2.19. The zero-order chi connectivity index (χ0) is 37.5. The minimum Gasteiger partial charge on any atom is -0.384 e. The van der Waals surface area contributed by atoms with Crippen LogP contribution in [0.5, 0.6) is 0 Å². The van der Waals surface area contributed by atoms with Crippen LogP contribution in [0.2, 0.25) is 0 Å². The summed E-state index contributed by atoms with van der Waals surface area (Å²) in [7, 11) is 0. The van der Waals surface area contributed by atoms with E-state index in [0.29, 0.717) is 12.5 Å². The largest absolute Gasteiger partial charge is 0.384 e. The first-order valence-electron chi connectivity index (χ1n) is 18.6. The molecule has 1 atom stereocenters. The van der Waals surface area contributed by atoms with Gasteiger partial charge in [0.25, 0.3) is 0 Å². The molecule has 0 amide bonds. The van der Waals surface area contributed by atoms with Crippen LogP contribution < -0.4 is 16.4 Å². The number of terminal acetylenes is 1. The van der Waals surface area contributed by atoms with Crippen molar-refractivity contribution in [1.29, 1.82) is 0 Å². The zero-order valence-electron chi connectivity index (χ0n) is 32.6. The number of hydrogen-bond donors (Lipinski definition) is 3. The highest BCUT2D eigenvalue weighted by Crippen LogP contribution is 2.31. The lowest BCUT2D eigenvalue weighted by atomic mass is 9.91. The van der Waals surface area contributed by atoms with Gasteiger partial charge in [0, 0.05) is 54.1 Å². The highest BCUT2D eigenvalue weighted by Gasteiger charge is 2.15. The highest BCUT2D eigenvalue weighted by molar-refractivity contribution is 5.85. The fraction of sp³-hybridized carbons (Fsp3) is 0.467. The average molecular weight is 698 g/mol. The molecular formula is C45H68FN5. The maximum atomic E-state index is 13.5. The Morgan fingerprint density at radius 2 is 1.71 bits per heavy atom. The molecule has 1 unspecified atom stereocenters. The Morgan fingerprint density at radius 3 is 2.25 bits per heavy atom. The van der Waals surface area contributed by atoms with Crippen LogP contribution >= 0.6 is 0 Å². The Morgan fingerprint density at radius 1 is 1.06 bits per heavy atom. The topological polar surface area (TPSA) is 75.9 Å². The predicted octanol–water partition coefficient (Wildman–Crippen LogP) is 11.4. The Hall–Kier alpha value is -4.21. The smallest absolute Gasteiger partial charge is 0.123 e. The Labute approximate surface area is 311 Å². The molecule has 4 N–H and O–H groups in total. The molecule has 1 saturated carbocycles. The lowest BCUT2D eigenvalue weighted by Crippen LogP contribution is -2.17. The molecule has 4 aromatic rings. The van der Waals surface area contributed by atoms with Gasteiger partial charge in [-0.2, -0.15) is 0 Å². The van der Waals surface area contributed by atoms with Gasteiger partial charge in [0.05, 0.1) is 11.2 Å². The second-order valence-corrected chi connectivity index (χ2v) is 12.1. The molecule has 5 rings (SSSR count). The first kappa shape index (κ1) is 46.8. The van der Waals surface area contributed by atoms with E-state index in [1.165, 1.54) is 41.7 Å². The predicted molar refractivity (Wildman–Crippen MR) is 223 cm³/mol. The molecule has 0 aliphatic heterocycles. The van der Waals surface area contributed by atoms with Crippen molar-refractivity contribution in [2.75, 3.05) is 19.6 Å². The van der Waals surface area contributed by atoms with Gasteiger partial charge in [-0.05, 0) is 123 Å². The van der Waals surface area contributed by atoms with E-state index in [9.17, 15) is 4.39 Å². The molecule has 1 aliphatic rings. The number of rotatable bonds is 11. The molecule has 2 heterocycles. The molecule has 1 aliphatic carbocycles. The number of benzene rings is 2. The minimum absolute atomic E-state index is 0. The number of hydrogen-bond acceptors (Lipinski definition) is 5. The molecule has 0 bridgehead atoms. The average Bonchev–Trinajstić information content (AvgIpc) is 3.95. The molecule has 6 heteroatoms. The van der Waals surface area contributed by atoms with Gasteiger partial charge in [0.1, 0.15) is 5.82 Å². The summed E-state index contributed by atoms with van der Waals surface area (Å²) in [6.07, 6.45) is 14.6. The number of nitrogens with one attached hydrogen (secondary N) is 2. The lowest BCUT2D eigenvalue weighted by molar-refractivity contribution is 0.628. The second kappa shape index (κ2) is 26.6. The summed E-state index contributed by atoms with van der Waals surface area (Å²) >= 11 is 0. The Bertz CT molecular complexity index is 1600. The molecule has 2 aromatic heterocycles. The van der Waals surface area contributed by atoms with Crippen LogP contribution in [0.25, 0.3) is 27.9 Å². The summed E-state index contributed by atoms with van der Waals surface area (Å²) < 4.78 is 13.5. The molecule has 2 aromatic carbocycles. The summed E-state index contributed by atoms with van der Waals surface area (Å²) in [5, 5.41) is 7.46. The second-order valence-electron chi connectivity index (χ2n) is 12.1. The molecule has 280 valence electrons. The normalized spacial score (nSPS) is 12.0. The van der Waals surface area contributed by atoms with Crippen molar-refractivity contribution in [3.8, 4) is 23.7 Å². The molecule has 0 radical (unpaired) electrons. The Balaban J connectivity index is 0.00000132. The monoisotopic (exact) mass is 698 g/mol. The van der Waals surface area contributed by atoms with Crippen molar-refractivity contribution in [2.45, 2.75) is 115 Å². The van der Waals surface area contributed by atoms with Crippen molar-refractivity contribution in [3.05, 3.63) is 101 Å². The number of halogens is 1. The maximum absolute atomic E-state index is 13.5. The Kier molecular flexibility index (Phi) is 24.4. The van der Waals surface area contributed by atoms with E-state index in [2.05, 4.69) is 93.5 Å². The summed E-state index contributed by atoms with van der Waals surface area (Å²) in [6, 6.07) is 19.7. The third-order valence-corrected chi connectivity index (χ3v) is 8.29. The van der Waals surface area contributed by atoms with Gasteiger partial charge in [0.2, 0.25) is 0 Å². The molecule has 0 spiro atoms. The van der Waals surface area contributed by atoms with Gasteiger partial charge in [0.15, 0.2) is 0 Å². The summed E-state index contributed by atoms with van der Waals surface area (Å²) in [5.74, 6) is 1.29. The third-order valence-electron chi connectivity index (χ3n) is 8.29. The van der Waals surface area contributed by atoms with E-state index in [-0.39, 0.29) is 13.2 Å². The highest BCUT2D eigenvalue weighted by atomic mass is 19.1. The minimum atomic E-state index is -0.229. The van der Waals surface area contributed by atoms with E-state index in [4.69, 9.17) is 17.1 Å². The summed E-state index contributed by atoms with van der Waals surface area (Å²) in [4.78, 5) is 9.52. The zero-order valence-corrected chi connectivity index (χ0v) is 32.6. The van der Waals surface area contributed by atoms with Crippen LogP contribution in [0.15, 0.2) is 66.9 Å². The van der Waals surface area contributed by atoms with E-state index in [0.717, 1.165) is 77.4 Å². The van der Waals surface area contributed by atoms with Gasteiger partial charge in [-0.1, -0.05) is 87.3 Å². The standard InChI is InChI=1S/C31H34FN3.C5H10N2.C4H8.2C2H6.CH4/c1-6-20(3)28-19-27(35-31(22(28)5)23-10-12-26(32)13-11-23)14-16-33-29(7-2)25-17-21(4)30-24(18-25)9-8-15-34-30;1-2-7-5-3-4-6;1-4-2-3-4;2*1-2;/h7-13,15,17-20,33H,6,14,16H2,1-5H3;1,7H,3-6H2;4H,2-3H2,1H3;2*1-2H3;1H4/b29-7-;;;;;.